The average Bonchev–Trinajstić information content (AvgIpc) is 3.24. The lowest BCUT2D eigenvalue weighted by Crippen LogP contribution is -2.35. The molecule has 144 valence electrons. The Morgan fingerprint density at radius 1 is 1.07 bits per heavy atom. The fourth-order valence-electron chi connectivity index (χ4n) is 2.41. The molecule has 1 heterocycles. The summed E-state index contributed by atoms with van der Waals surface area (Å²) in [5.74, 6) is 0.176. The third-order valence-corrected chi connectivity index (χ3v) is 4.17. The summed E-state index contributed by atoms with van der Waals surface area (Å²) in [7, 11) is 0. The quantitative estimate of drug-likeness (QED) is 0.622. The number of hydrogen-bond donors (Lipinski definition) is 2. The van der Waals surface area contributed by atoms with Crippen molar-refractivity contribution in [3.05, 3.63) is 83.3 Å². The highest BCUT2D eigenvalue weighted by atomic mass is 35.5. The minimum atomic E-state index is -0.670. The van der Waals surface area contributed by atoms with Crippen LogP contribution in [0.25, 0.3) is 0 Å². The van der Waals surface area contributed by atoms with Gasteiger partial charge < -0.3 is 19.8 Å². The number of nitrogens with one attached hydrogen (secondary N) is 2. The molecule has 0 saturated heterocycles. The van der Waals surface area contributed by atoms with E-state index in [1.54, 1.807) is 55.5 Å². The standard InChI is InChI=1S/C21H19ClN2O4/c1-14(20(25)23-13-15-4-6-16(22)7-5-15)28-18-10-8-17(9-11-18)24-21(26)19-3-2-12-27-19/h2-12,14H,13H2,1H3,(H,23,25)(H,24,26). The van der Waals surface area contributed by atoms with E-state index in [1.807, 2.05) is 12.1 Å². The molecule has 1 atom stereocenters. The molecule has 0 saturated carbocycles. The van der Waals surface area contributed by atoms with E-state index in [1.165, 1.54) is 6.26 Å². The number of anilines is 1. The van der Waals surface area contributed by atoms with Crippen molar-refractivity contribution in [2.45, 2.75) is 19.6 Å². The Bertz CT molecular complexity index is 922. The Morgan fingerprint density at radius 3 is 2.43 bits per heavy atom. The van der Waals surface area contributed by atoms with Gasteiger partial charge in [-0.2, -0.15) is 0 Å². The van der Waals surface area contributed by atoms with Gasteiger partial charge in [0.05, 0.1) is 6.26 Å². The van der Waals surface area contributed by atoms with Crippen molar-refractivity contribution in [2.75, 3.05) is 5.32 Å². The predicted octanol–water partition coefficient (Wildman–Crippen LogP) is 4.27. The summed E-state index contributed by atoms with van der Waals surface area (Å²) in [6.07, 6.45) is 0.765. The molecule has 0 aliphatic carbocycles. The Hall–Kier alpha value is -3.25. The molecule has 0 fully saturated rings. The molecule has 28 heavy (non-hydrogen) atoms. The molecule has 3 rings (SSSR count). The molecule has 0 bridgehead atoms. The number of halogens is 1. The molecule has 0 spiro atoms. The first-order valence-corrected chi connectivity index (χ1v) is 9.03. The zero-order valence-electron chi connectivity index (χ0n) is 15.1. The molecule has 1 unspecified atom stereocenters. The predicted molar refractivity (Wildman–Crippen MR) is 106 cm³/mol. The summed E-state index contributed by atoms with van der Waals surface area (Å²) in [6, 6.07) is 17.2. The number of carbonyl (C=O) groups is 2. The fraction of sp³-hybridized carbons (Fsp3) is 0.143. The van der Waals surface area contributed by atoms with Crippen molar-refractivity contribution < 1.29 is 18.7 Å². The molecule has 3 aromatic rings. The molecule has 2 amide bonds. The van der Waals surface area contributed by atoms with Crippen LogP contribution in [0, 0.1) is 0 Å². The molecule has 0 aliphatic rings. The third kappa shape index (κ3) is 5.37. The van der Waals surface area contributed by atoms with E-state index in [9.17, 15) is 9.59 Å². The Balaban J connectivity index is 1.49. The Labute approximate surface area is 167 Å². The van der Waals surface area contributed by atoms with E-state index < -0.39 is 6.10 Å². The van der Waals surface area contributed by atoms with Crippen LogP contribution in [0.1, 0.15) is 23.0 Å². The van der Waals surface area contributed by atoms with Crippen molar-refractivity contribution in [2.24, 2.45) is 0 Å². The van der Waals surface area contributed by atoms with Gasteiger partial charge in [0.25, 0.3) is 11.8 Å². The number of furan rings is 1. The maximum atomic E-state index is 12.2. The van der Waals surface area contributed by atoms with Gasteiger partial charge in [0.15, 0.2) is 11.9 Å². The summed E-state index contributed by atoms with van der Waals surface area (Å²) in [6.45, 7) is 2.06. The number of benzene rings is 2. The third-order valence-electron chi connectivity index (χ3n) is 3.92. The highest BCUT2D eigenvalue weighted by Gasteiger charge is 2.14. The maximum absolute atomic E-state index is 12.2. The van der Waals surface area contributed by atoms with Crippen LogP contribution in [0.15, 0.2) is 71.3 Å². The first-order valence-electron chi connectivity index (χ1n) is 8.65. The van der Waals surface area contributed by atoms with E-state index in [2.05, 4.69) is 10.6 Å². The highest BCUT2D eigenvalue weighted by Crippen LogP contribution is 2.18. The number of amides is 2. The van der Waals surface area contributed by atoms with Gasteiger partial charge in [-0.05, 0) is 61.0 Å². The topological polar surface area (TPSA) is 80.6 Å². The monoisotopic (exact) mass is 398 g/mol. The van der Waals surface area contributed by atoms with Crippen LogP contribution in [-0.4, -0.2) is 17.9 Å². The van der Waals surface area contributed by atoms with Gasteiger partial charge in [-0.3, -0.25) is 9.59 Å². The van der Waals surface area contributed by atoms with Gasteiger partial charge in [0.1, 0.15) is 5.75 Å². The van der Waals surface area contributed by atoms with E-state index in [4.69, 9.17) is 20.8 Å². The number of carbonyl (C=O) groups excluding carboxylic acids is 2. The Kier molecular flexibility index (Phi) is 6.34. The smallest absolute Gasteiger partial charge is 0.291 e. The summed E-state index contributed by atoms with van der Waals surface area (Å²) in [4.78, 5) is 24.1. The summed E-state index contributed by atoms with van der Waals surface area (Å²) < 4.78 is 10.7. The number of hydrogen-bond acceptors (Lipinski definition) is 4. The van der Waals surface area contributed by atoms with Crippen molar-refractivity contribution in [1.82, 2.24) is 5.32 Å². The van der Waals surface area contributed by atoms with Gasteiger partial charge in [-0.25, -0.2) is 0 Å². The summed E-state index contributed by atoms with van der Waals surface area (Å²) in [5, 5.41) is 6.18. The maximum Gasteiger partial charge on any atom is 0.291 e. The minimum Gasteiger partial charge on any atom is -0.481 e. The van der Waals surface area contributed by atoms with E-state index >= 15 is 0 Å². The molecule has 1 aromatic heterocycles. The van der Waals surface area contributed by atoms with Crippen molar-refractivity contribution >= 4 is 29.1 Å². The molecule has 7 heteroatoms. The molecular formula is C21H19ClN2O4. The van der Waals surface area contributed by atoms with Gasteiger partial charge in [0, 0.05) is 17.3 Å². The van der Waals surface area contributed by atoms with Gasteiger partial charge >= 0.3 is 0 Å². The first kappa shape index (κ1) is 19.5. The van der Waals surface area contributed by atoms with E-state index in [0.29, 0.717) is 23.0 Å². The second-order valence-corrected chi connectivity index (χ2v) is 6.50. The normalized spacial score (nSPS) is 11.5. The van der Waals surface area contributed by atoms with Crippen LogP contribution in [0.4, 0.5) is 5.69 Å². The molecule has 0 radical (unpaired) electrons. The molecular weight excluding hydrogens is 380 g/mol. The van der Waals surface area contributed by atoms with Crippen LogP contribution in [0.5, 0.6) is 5.75 Å². The van der Waals surface area contributed by atoms with Crippen LogP contribution in [-0.2, 0) is 11.3 Å². The Morgan fingerprint density at radius 2 is 1.79 bits per heavy atom. The van der Waals surface area contributed by atoms with Crippen LogP contribution >= 0.6 is 11.6 Å². The number of rotatable bonds is 7. The van der Waals surface area contributed by atoms with Gasteiger partial charge in [-0.1, -0.05) is 23.7 Å². The number of ether oxygens (including phenoxy) is 1. The second-order valence-electron chi connectivity index (χ2n) is 6.06. The fourth-order valence-corrected chi connectivity index (χ4v) is 2.54. The summed E-state index contributed by atoms with van der Waals surface area (Å²) >= 11 is 5.84. The van der Waals surface area contributed by atoms with E-state index in [0.717, 1.165) is 5.56 Å². The molecule has 2 N–H and O–H groups in total. The van der Waals surface area contributed by atoms with Crippen LogP contribution in [0.2, 0.25) is 5.02 Å². The largest absolute Gasteiger partial charge is 0.481 e. The van der Waals surface area contributed by atoms with Gasteiger partial charge in [-0.15, -0.1) is 0 Å². The molecule has 6 nitrogen and oxygen atoms in total. The van der Waals surface area contributed by atoms with Crippen molar-refractivity contribution in [3.8, 4) is 5.75 Å². The zero-order chi connectivity index (χ0) is 19.9. The van der Waals surface area contributed by atoms with Crippen molar-refractivity contribution in [3.63, 3.8) is 0 Å². The first-order chi connectivity index (χ1) is 13.5. The second kappa shape index (κ2) is 9.10. The minimum absolute atomic E-state index is 0.228. The lowest BCUT2D eigenvalue weighted by Gasteiger charge is -2.15. The van der Waals surface area contributed by atoms with Crippen LogP contribution in [0.3, 0.4) is 0 Å². The lowest BCUT2D eigenvalue weighted by molar-refractivity contribution is -0.127. The van der Waals surface area contributed by atoms with Crippen LogP contribution < -0.4 is 15.4 Å². The lowest BCUT2D eigenvalue weighted by atomic mass is 10.2. The molecule has 2 aromatic carbocycles. The van der Waals surface area contributed by atoms with Crippen molar-refractivity contribution in [1.29, 1.82) is 0 Å². The molecule has 0 aliphatic heterocycles. The van der Waals surface area contributed by atoms with E-state index in [-0.39, 0.29) is 17.6 Å². The summed E-state index contributed by atoms with van der Waals surface area (Å²) in [5.41, 5.74) is 1.54. The average molecular weight is 399 g/mol. The highest BCUT2D eigenvalue weighted by molar-refractivity contribution is 6.30. The van der Waals surface area contributed by atoms with Gasteiger partial charge in [0.2, 0.25) is 0 Å². The zero-order valence-corrected chi connectivity index (χ0v) is 15.9. The SMILES string of the molecule is CC(Oc1ccc(NC(=O)c2ccco2)cc1)C(=O)NCc1ccc(Cl)cc1.